The third-order valence-electron chi connectivity index (χ3n) is 10.2. The van der Waals surface area contributed by atoms with E-state index in [0.29, 0.717) is 6.42 Å². The molecule has 1 aliphatic heterocycles. The zero-order valence-electron chi connectivity index (χ0n) is 36.3. The summed E-state index contributed by atoms with van der Waals surface area (Å²) < 4.78 is 11.2. The van der Waals surface area contributed by atoms with Gasteiger partial charge < -0.3 is 40.3 Å². The van der Waals surface area contributed by atoms with Crippen LogP contribution < -0.4 is 5.32 Å². The number of rotatable bonds is 36. The molecule has 0 aromatic carbocycles. The van der Waals surface area contributed by atoms with Gasteiger partial charge in [-0.05, 0) is 77.0 Å². The van der Waals surface area contributed by atoms with Gasteiger partial charge in [0.2, 0.25) is 5.91 Å². The lowest BCUT2D eigenvalue weighted by molar-refractivity contribution is -0.302. The number of ether oxygens (including phenoxy) is 2. The number of aliphatic hydroxyl groups excluding tert-OH is 5. The SMILES string of the molecule is CC/C=C\C/C=C\C/C=C\C/C=C\CCCCCCCCCCCCCCC(=O)NC(COC1OC(CO)C(O)C(O)C1O)C(O)/C=C/CC/C=C/CC/C=C/CC. The zero-order valence-corrected chi connectivity index (χ0v) is 36.3. The lowest BCUT2D eigenvalue weighted by Crippen LogP contribution is -2.60. The quantitative estimate of drug-likeness (QED) is 0.0271. The van der Waals surface area contributed by atoms with Crippen LogP contribution in [0.5, 0.6) is 0 Å². The van der Waals surface area contributed by atoms with Crippen molar-refractivity contribution < 1.29 is 39.8 Å². The number of allylic oxidation sites excluding steroid dienone is 13. The predicted octanol–water partition coefficient (Wildman–Crippen LogP) is 9.55. The Morgan fingerprint density at radius 1 is 0.586 bits per heavy atom. The average Bonchev–Trinajstić information content (AvgIpc) is 3.22. The molecule has 0 spiro atoms. The molecule has 1 amide bonds. The molecule has 332 valence electrons. The number of hydrogen-bond acceptors (Lipinski definition) is 8. The Hall–Kier alpha value is -2.63. The third kappa shape index (κ3) is 28.7. The first-order valence-electron chi connectivity index (χ1n) is 22.8. The monoisotopic (exact) mass is 814 g/mol. The highest BCUT2D eigenvalue weighted by Crippen LogP contribution is 2.22. The van der Waals surface area contributed by atoms with Gasteiger partial charge in [-0.25, -0.2) is 0 Å². The Bertz CT molecular complexity index is 1180. The van der Waals surface area contributed by atoms with Gasteiger partial charge in [0, 0.05) is 6.42 Å². The predicted molar refractivity (Wildman–Crippen MR) is 239 cm³/mol. The van der Waals surface area contributed by atoms with Crippen molar-refractivity contribution in [1.82, 2.24) is 5.32 Å². The molecule has 9 nitrogen and oxygen atoms in total. The zero-order chi connectivity index (χ0) is 42.3. The summed E-state index contributed by atoms with van der Waals surface area (Å²) in [5, 5.41) is 54.0. The maximum atomic E-state index is 12.9. The average molecular weight is 814 g/mol. The van der Waals surface area contributed by atoms with E-state index >= 15 is 0 Å². The van der Waals surface area contributed by atoms with Gasteiger partial charge in [-0.1, -0.05) is 163 Å². The summed E-state index contributed by atoms with van der Waals surface area (Å²) in [6.07, 6.45) is 46.5. The van der Waals surface area contributed by atoms with Crippen LogP contribution in [0.4, 0.5) is 0 Å². The second-order valence-corrected chi connectivity index (χ2v) is 15.4. The lowest BCUT2D eigenvalue weighted by atomic mass is 9.99. The van der Waals surface area contributed by atoms with Crippen LogP contribution in [0.1, 0.15) is 162 Å². The minimum atomic E-state index is -1.58. The fourth-order valence-corrected chi connectivity index (χ4v) is 6.60. The van der Waals surface area contributed by atoms with Crippen LogP contribution in [-0.2, 0) is 14.3 Å². The van der Waals surface area contributed by atoms with Gasteiger partial charge >= 0.3 is 0 Å². The smallest absolute Gasteiger partial charge is 0.220 e. The van der Waals surface area contributed by atoms with Gasteiger partial charge in [-0.3, -0.25) is 4.79 Å². The van der Waals surface area contributed by atoms with Crippen molar-refractivity contribution in [2.75, 3.05) is 13.2 Å². The Morgan fingerprint density at radius 2 is 1.03 bits per heavy atom. The van der Waals surface area contributed by atoms with Crippen molar-refractivity contribution in [3.05, 3.63) is 85.1 Å². The number of amides is 1. The molecule has 0 aliphatic carbocycles. The van der Waals surface area contributed by atoms with Crippen LogP contribution in [0.15, 0.2) is 85.1 Å². The van der Waals surface area contributed by atoms with Crippen LogP contribution in [0.25, 0.3) is 0 Å². The van der Waals surface area contributed by atoms with Crippen LogP contribution >= 0.6 is 0 Å². The van der Waals surface area contributed by atoms with Gasteiger partial charge in [0.05, 0.1) is 25.4 Å². The topological polar surface area (TPSA) is 149 Å². The third-order valence-corrected chi connectivity index (χ3v) is 10.2. The van der Waals surface area contributed by atoms with E-state index in [0.717, 1.165) is 77.0 Å². The molecular weight excluding hydrogens is 731 g/mol. The highest BCUT2D eigenvalue weighted by Gasteiger charge is 2.44. The van der Waals surface area contributed by atoms with Gasteiger partial charge in [-0.15, -0.1) is 0 Å². The van der Waals surface area contributed by atoms with Crippen molar-refractivity contribution in [1.29, 1.82) is 0 Å². The van der Waals surface area contributed by atoms with Gasteiger partial charge in [-0.2, -0.15) is 0 Å². The molecule has 6 N–H and O–H groups in total. The Labute approximate surface area is 352 Å². The minimum Gasteiger partial charge on any atom is -0.394 e. The Morgan fingerprint density at radius 3 is 1.59 bits per heavy atom. The largest absolute Gasteiger partial charge is 0.394 e. The summed E-state index contributed by atoms with van der Waals surface area (Å²) in [4.78, 5) is 12.9. The fourth-order valence-electron chi connectivity index (χ4n) is 6.60. The first kappa shape index (κ1) is 53.4. The number of nitrogens with one attached hydrogen (secondary N) is 1. The van der Waals surface area contributed by atoms with Crippen LogP contribution in [0.2, 0.25) is 0 Å². The highest BCUT2D eigenvalue weighted by atomic mass is 16.7. The van der Waals surface area contributed by atoms with Crippen molar-refractivity contribution in [3.8, 4) is 0 Å². The summed E-state index contributed by atoms with van der Waals surface area (Å²) in [7, 11) is 0. The first-order valence-corrected chi connectivity index (χ1v) is 22.8. The van der Waals surface area contributed by atoms with E-state index < -0.39 is 49.5 Å². The number of carbonyl (C=O) groups is 1. The maximum Gasteiger partial charge on any atom is 0.220 e. The van der Waals surface area contributed by atoms with Crippen LogP contribution in [0.3, 0.4) is 0 Å². The Balaban J connectivity index is 2.26. The summed E-state index contributed by atoms with van der Waals surface area (Å²) in [5.74, 6) is -0.201. The highest BCUT2D eigenvalue weighted by molar-refractivity contribution is 5.76. The molecule has 0 aromatic heterocycles. The van der Waals surface area contributed by atoms with Gasteiger partial charge in [0.1, 0.15) is 24.4 Å². The summed E-state index contributed by atoms with van der Waals surface area (Å²) in [6, 6.07) is -0.831. The lowest BCUT2D eigenvalue weighted by Gasteiger charge is -2.40. The molecule has 1 fully saturated rings. The van der Waals surface area contributed by atoms with E-state index in [2.05, 4.69) is 92.1 Å². The van der Waals surface area contributed by atoms with Crippen LogP contribution in [-0.4, -0.2) is 87.5 Å². The van der Waals surface area contributed by atoms with E-state index in [1.165, 1.54) is 64.2 Å². The van der Waals surface area contributed by atoms with Gasteiger partial charge in [0.25, 0.3) is 0 Å². The van der Waals surface area contributed by atoms with Crippen LogP contribution in [0, 0.1) is 0 Å². The fraction of sp³-hybridized carbons (Fsp3) is 0.694. The molecule has 1 aliphatic rings. The second-order valence-electron chi connectivity index (χ2n) is 15.4. The molecule has 9 heteroatoms. The summed E-state index contributed by atoms with van der Waals surface area (Å²) in [6.45, 7) is 3.49. The van der Waals surface area contributed by atoms with E-state index in [-0.39, 0.29) is 12.5 Å². The molecule has 1 heterocycles. The first-order chi connectivity index (χ1) is 28.3. The van der Waals surface area contributed by atoms with Crippen molar-refractivity contribution in [3.63, 3.8) is 0 Å². The molecule has 7 atom stereocenters. The molecule has 0 saturated carbocycles. The molecule has 0 bridgehead atoms. The molecule has 1 saturated heterocycles. The maximum absolute atomic E-state index is 12.9. The minimum absolute atomic E-state index is 0.201. The number of carbonyl (C=O) groups excluding carboxylic acids is 1. The van der Waals surface area contributed by atoms with E-state index in [1.807, 2.05) is 6.08 Å². The van der Waals surface area contributed by atoms with E-state index in [1.54, 1.807) is 6.08 Å². The van der Waals surface area contributed by atoms with Crippen molar-refractivity contribution in [2.24, 2.45) is 0 Å². The van der Waals surface area contributed by atoms with E-state index in [9.17, 15) is 30.3 Å². The molecule has 1 rings (SSSR count). The molecule has 58 heavy (non-hydrogen) atoms. The normalized spacial score (nSPS) is 21.7. The molecule has 0 aromatic rings. The number of aliphatic hydroxyl groups is 5. The number of unbranched alkanes of at least 4 members (excludes halogenated alkanes) is 14. The molecule has 0 radical (unpaired) electrons. The van der Waals surface area contributed by atoms with Crippen molar-refractivity contribution >= 4 is 5.91 Å². The van der Waals surface area contributed by atoms with E-state index in [4.69, 9.17) is 9.47 Å². The van der Waals surface area contributed by atoms with Gasteiger partial charge in [0.15, 0.2) is 6.29 Å². The van der Waals surface area contributed by atoms with Crippen molar-refractivity contribution in [2.45, 2.75) is 204 Å². The standard InChI is InChI=1S/C49H83NO8/c1-3-5-7-9-11-13-15-16-17-18-19-20-21-22-23-24-25-26-27-28-29-31-33-35-37-39-45(53)50-42(41-57-49-48(56)47(55)46(54)44(40-51)58-49)43(52)38-36-34-32-30-14-12-10-8-6-4-2/h5-8,11,13-14,16-17,19-20,30,36,38,42-44,46-49,51-52,54-56H,3-4,9-10,12,15,18,21-29,31-35,37,39-41H2,1-2H3,(H,50,53)/b7-5-,8-6+,13-11-,17-16-,20-19-,30-14+,38-36+. The summed E-state index contributed by atoms with van der Waals surface area (Å²) >= 11 is 0. The molecule has 7 unspecified atom stereocenters. The Kier molecular flexibility index (Phi) is 35.5. The number of hydrogen-bond donors (Lipinski definition) is 6. The molecular formula is C49H83NO8. The second kappa shape index (κ2) is 38.6. The summed E-state index contributed by atoms with van der Waals surface area (Å²) in [5.41, 5.74) is 0.